The van der Waals surface area contributed by atoms with Crippen LogP contribution < -0.4 is 21.0 Å². The molecule has 0 aliphatic carbocycles. The van der Waals surface area contributed by atoms with Gasteiger partial charge in [0.2, 0.25) is 17.1 Å². The highest BCUT2D eigenvalue weighted by atomic mass is 32.1. The van der Waals surface area contributed by atoms with Gasteiger partial charge in [-0.05, 0) is 60.2 Å². The van der Waals surface area contributed by atoms with Crippen LogP contribution in [0.4, 0.5) is 11.6 Å². The zero-order valence-corrected chi connectivity index (χ0v) is 21.5. The molecule has 4 rings (SSSR count). The maximum atomic E-state index is 13.2. The molecule has 196 valence electrons. The molecule has 1 aromatic heterocycles. The van der Waals surface area contributed by atoms with Gasteiger partial charge in [-0.1, -0.05) is 18.2 Å². The number of nitrogens with one attached hydrogen (secondary N) is 2. The lowest BCUT2D eigenvalue weighted by molar-refractivity contribution is -0.746. The molecule has 0 bridgehead atoms. The second kappa shape index (κ2) is 11.2. The number of amides is 4. The lowest BCUT2D eigenvalue weighted by Crippen LogP contribution is -2.43. The third-order valence-corrected chi connectivity index (χ3v) is 6.50. The first-order valence-corrected chi connectivity index (χ1v) is 12.1. The fourth-order valence-electron chi connectivity index (χ4n) is 4.01. The first kappa shape index (κ1) is 26.4. The minimum absolute atomic E-state index is 0.0523. The Hall–Kier alpha value is -4.65. The third-order valence-electron chi connectivity index (χ3n) is 6.04. The normalized spacial score (nSPS) is 15.1. The molecule has 2 heterocycles. The number of anilines is 2. The van der Waals surface area contributed by atoms with Crippen LogP contribution in [0.1, 0.15) is 39.8 Å². The average molecular weight is 537 g/mol. The van der Waals surface area contributed by atoms with Crippen molar-refractivity contribution in [1.82, 2.24) is 15.1 Å². The summed E-state index contributed by atoms with van der Waals surface area (Å²) in [5, 5.41) is 9.58. The smallest absolute Gasteiger partial charge is 0.307 e. The van der Waals surface area contributed by atoms with Crippen molar-refractivity contribution in [1.29, 1.82) is 0 Å². The predicted molar refractivity (Wildman–Crippen MR) is 140 cm³/mol. The van der Waals surface area contributed by atoms with Crippen LogP contribution in [0.5, 0.6) is 0 Å². The van der Waals surface area contributed by atoms with Crippen molar-refractivity contribution in [3.05, 3.63) is 71.4 Å². The summed E-state index contributed by atoms with van der Waals surface area (Å²) in [6.45, 7) is 2.17. The summed E-state index contributed by atoms with van der Waals surface area (Å²) in [7, 11) is 1.63. The first-order chi connectivity index (χ1) is 18.2. The van der Waals surface area contributed by atoms with Crippen molar-refractivity contribution in [2.75, 3.05) is 17.2 Å². The average Bonchev–Trinajstić information content (AvgIpc) is 3.35. The molecule has 1 aliphatic heterocycles. The predicted octanol–water partition coefficient (Wildman–Crippen LogP) is 1.20. The second-order valence-electron chi connectivity index (χ2n) is 8.50. The number of rotatable bonds is 9. The van der Waals surface area contributed by atoms with E-state index in [0.717, 1.165) is 0 Å². The van der Waals surface area contributed by atoms with Gasteiger partial charge in [0.1, 0.15) is 12.6 Å². The summed E-state index contributed by atoms with van der Waals surface area (Å²) in [5.41, 5.74) is 6.89. The van der Waals surface area contributed by atoms with Gasteiger partial charge in [-0.3, -0.25) is 33.9 Å². The van der Waals surface area contributed by atoms with Crippen molar-refractivity contribution >= 4 is 52.5 Å². The Morgan fingerprint density at radius 3 is 2.39 bits per heavy atom. The molecule has 0 spiro atoms. The van der Waals surface area contributed by atoms with E-state index in [2.05, 4.69) is 15.9 Å². The lowest BCUT2D eigenvalue weighted by Gasteiger charge is -2.21. The van der Waals surface area contributed by atoms with Gasteiger partial charge >= 0.3 is 5.88 Å². The number of nitrogens with zero attached hydrogens (tertiary/aromatic N) is 4. The van der Waals surface area contributed by atoms with Crippen molar-refractivity contribution < 1.29 is 28.4 Å². The molecule has 12 nitrogen and oxygen atoms in total. The number of aromatic nitrogens is 2. The number of likely N-dealkylation sites (N-methyl/N-ethyl adjacent to an activating group) is 1. The number of primary amides is 1. The van der Waals surface area contributed by atoms with Crippen LogP contribution in [-0.4, -0.2) is 56.4 Å². The van der Waals surface area contributed by atoms with Crippen LogP contribution in [0.3, 0.4) is 0 Å². The number of hydrogen-bond acceptors (Lipinski definition) is 7. The Labute approximate surface area is 223 Å². The Morgan fingerprint density at radius 1 is 1.08 bits per heavy atom. The van der Waals surface area contributed by atoms with E-state index in [9.17, 15) is 19.2 Å². The first-order valence-electron chi connectivity index (χ1n) is 11.7. The highest BCUT2D eigenvalue weighted by Gasteiger charge is 2.44. The van der Waals surface area contributed by atoms with E-state index in [1.807, 2.05) is 0 Å². The molecule has 1 saturated heterocycles. The van der Waals surface area contributed by atoms with E-state index in [1.165, 1.54) is 21.7 Å². The van der Waals surface area contributed by atoms with Crippen molar-refractivity contribution in [2.45, 2.75) is 25.9 Å². The van der Waals surface area contributed by atoms with Gasteiger partial charge in [-0.2, -0.15) is 0 Å². The van der Waals surface area contributed by atoms with Crippen molar-refractivity contribution in [3.8, 4) is 0 Å². The fourth-order valence-corrected chi connectivity index (χ4v) is 4.42. The molecule has 13 heteroatoms. The quantitative estimate of drug-likeness (QED) is 0.272. The Kier molecular flexibility index (Phi) is 7.76. The minimum Gasteiger partial charge on any atom is -0.366 e. The second-order valence-corrected chi connectivity index (χ2v) is 8.86. The highest BCUT2D eigenvalue weighted by molar-refractivity contribution is 7.80. The Balaban J connectivity index is 1.52. The number of carbonyl (C=O) groups is 4. The molecule has 38 heavy (non-hydrogen) atoms. The van der Waals surface area contributed by atoms with Crippen molar-refractivity contribution in [3.63, 3.8) is 0 Å². The van der Waals surface area contributed by atoms with Crippen LogP contribution in [0, 0.1) is 0 Å². The molecular formula is C25H26N7O5S+. The van der Waals surface area contributed by atoms with E-state index in [0.29, 0.717) is 29.1 Å². The van der Waals surface area contributed by atoms with Crippen LogP contribution in [0.15, 0.2) is 59.1 Å². The van der Waals surface area contributed by atoms with Crippen LogP contribution in [-0.2, 0) is 23.2 Å². The molecule has 0 saturated carbocycles. The topological polar surface area (TPSA) is 155 Å². The summed E-state index contributed by atoms with van der Waals surface area (Å²) in [5.74, 6) is -1.61. The van der Waals surface area contributed by atoms with Gasteiger partial charge in [0.25, 0.3) is 17.5 Å². The maximum Gasteiger partial charge on any atom is 0.307 e. The van der Waals surface area contributed by atoms with Crippen LogP contribution in [0.2, 0.25) is 0 Å². The van der Waals surface area contributed by atoms with Gasteiger partial charge in [0.15, 0.2) is 12.2 Å². The van der Waals surface area contributed by atoms with Gasteiger partial charge in [0.05, 0.1) is 6.42 Å². The molecule has 1 unspecified atom stereocenters. The van der Waals surface area contributed by atoms with E-state index < -0.39 is 23.8 Å². The van der Waals surface area contributed by atoms with Gasteiger partial charge < -0.3 is 16.0 Å². The molecule has 2 aromatic carbocycles. The van der Waals surface area contributed by atoms with Gasteiger partial charge in [0, 0.05) is 23.4 Å². The van der Waals surface area contributed by atoms with E-state index in [1.54, 1.807) is 61.3 Å². The monoisotopic (exact) mass is 536 g/mol. The highest BCUT2D eigenvalue weighted by Crippen LogP contribution is 2.25. The SMILES string of the molecule is CCN1C(=O)C(CC(=O)Nc2ccc(C(N)=O)cc2)N(Cc2c(NC(=O)c3ccccc3)on[n+]2C)C1=S. The summed E-state index contributed by atoms with van der Waals surface area (Å²) < 4.78 is 6.77. The molecule has 1 aliphatic rings. The van der Waals surface area contributed by atoms with Crippen molar-refractivity contribution in [2.24, 2.45) is 12.8 Å². The molecule has 0 radical (unpaired) electrons. The number of aryl methyl sites for hydroxylation is 1. The number of carbonyl (C=O) groups excluding carboxylic acids is 4. The maximum absolute atomic E-state index is 13.2. The fraction of sp³-hybridized carbons (Fsp3) is 0.240. The molecule has 3 aromatic rings. The summed E-state index contributed by atoms with van der Waals surface area (Å²) >= 11 is 5.57. The zero-order valence-electron chi connectivity index (χ0n) is 20.7. The third kappa shape index (κ3) is 5.52. The van der Waals surface area contributed by atoms with Gasteiger partial charge in [-0.25, -0.2) is 0 Å². The molecule has 4 amide bonds. The summed E-state index contributed by atoms with van der Waals surface area (Å²) in [4.78, 5) is 53.0. The minimum atomic E-state index is -0.889. The summed E-state index contributed by atoms with van der Waals surface area (Å²) in [6.07, 6.45) is -0.187. The number of hydrogen-bond donors (Lipinski definition) is 3. The largest absolute Gasteiger partial charge is 0.366 e. The molecule has 1 atom stereocenters. The van der Waals surface area contributed by atoms with Crippen LogP contribution in [0.25, 0.3) is 0 Å². The number of thiocarbonyl (C=S) groups is 1. The zero-order chi connectivity index (χ0) is 27.4. The standard InChI is InChI=1S/C25H25N7O5S/c1-3-31-24(36)18(13-20(33)27-17-11-9-15(10-12-17)21(26)34)32(25(31)38)14-19-23(37-29-30(19)2)28-22(35)16-7-5-4-6-8-16/h4-12,18H,3,13-14H2,1-2H3,(H3-,26,27,28,29,33,34,35)/p+1. The van der Waals surface area contributed by atoms with E-state index in [4.69, 9.17) is 22.5 Å². The Morgan fingerprint density at radius 2 is 1.76 bits per heavy atom. The summed E-state index contributed by atoms with van der Waals surface area (Å²) in [6, 6.07) is 13.8. The van der Waals surface area contributed by atoms with E-state index >= 15 is 0 Å². The number of nitrogens with two attached hydrogens (primary N) is 1. The number of benzene rings is 2. The lowest BCUT2D eigenvalue weighted by atomic mass is 10.1. The van der Waals surface area contributed by atoms with Gasteiger partial charge in [-0.15, -0.1) is 0 Å². The van der Waals surface area contributed by atoms with E-state index in [-0.39, 0.29) is 29.9 Å². The molecule has 4 N–H and O–H groups in total. The Bertz CT molecular complexity index is 1390. The molecule has 1 fully saturated rings. The van der Waals surface area contributed by atoms with Crippen LogP contribution >= 0.6 is 12.2 Å². The molecular weight excluding hydrogens is 510 g/mol.